The average molecular weight is 545 g/mol. The van der Waals surface area contributed by atoms with Crippen LogP contribution in [0.1, 0.15) is 43.5 Å². The summed E-state index contributed by atoms with van der Waals surface area (Å²) in [6.45, 7) is 6.68. The third-order valence-corrected chi connectivity index (χ3v) is 6.39. The van der Waals surface area contributed by atoms with E-state index in [9.17, 15) is 4.39 Å². The van der Waals surface area contributed by atoms with Crippen LogP contribution in [0, 0.1) is 5.82 Å². The fourth-order valence-electron chi connectivity index (χ4n) is 4.36. The van der Waals surface area contributed by atoms with E-state index in [1.54, 1.807) is 32.5 Å². The number of methoxy groups -OCH3 is 2. The van der Waals surface area contributed by atoms with Crippen LogP contribution in [0.15, 0.2) is 77.7 Å². The quantitative estimate of drug-likeness (QED) is 0.320. The first-order valence-electron chi connectivity index (χ1n) is 13.4. The second-order valence-corrected chi connectivity index (χ2v) is 9.47. The molecule has 0 saturated heterocycles. The molecule has 210 valence electrons. The normalized spacial score (nSPS) is 16.5. The van der Waals surface area contributed by atoms with Crippen molar-refractivity contribution in [2.75, 3.05) is 39.2 Å². The molecule has 1 aromatic heterocycles. The Balaban J connectivity index is 1.79. The van der Waals surface area contributed by atoms with E-state index in [1.165, 1.54) is 12.1 Å². The lowest BCUT2D eigenvalue weighted by atomic mass is 10.0. The number of nitrogens with one attached hydrogen (secondary N) is 2. The van der Waals surface area contributed by atoms with Gasteiger partial charge in [-0.1, -0.05) is 12.1 Å². The molecule has 40 heavy (non-hydrogen) atoms. The zero-order chi connectivity index (χ0) is 28.3. The first-order valence-corrected chi connectivity index (χ1v) is 13.4. The lowest BCUT2D eigenvalue weighted by Gasteiger charge is -2.25. The highest BCUT2D eigenvalue weighted by Crippen LogP contribution is 2.29. The van der Waals surface area contributed by atoms with Gasteiger partial charge in [0.1, 0.15) is 11.6 Å². The van der Waals surface area contributed by atoms with Gasteiger partial charge < -0.3 is 25.0 Å². The molecule has 2 heterocycles. The number of anilines is 1. The Labute approximate surface area is 235 Å². The van der Waals surface area contributed by atoms with Gasteiger partial charge in [-0.3, -0.25) is 4.99 Å². The third-order valence-electron chi connectivity index (χ3n) is 6.39. The summed E-state index contributed by atoms with van der Waals surface area (Å²) in [5.41, 5.74) is 6.01. The molecule has 0 atom stereocenters. The van der Waals surface area contributed by atoms with E-state index < -0.39 is 0 Å². The number of rotatable bonds is 11. The monoisotopic (exact) mass is 544 g/mol. The molecule has 2 aromatic carbocycles. The van der Waals surface area contributed by atoms with Crippen molar-refractivity contribution < 1.29 is 13.9 Å². The minimum Gasteiger partial charge on any atom is -0.497 e. The summed E-state index contributed by atoms with van der Waals surface area (Å²) in [4.78, 5) is 16.3. The highest BCUT2D eigenvalue weighted by molar-refractivity contribution is 5.97. The van der Waals surface area contributed by atoms with Gasteiger partial charge >= 0.3 is 0 Å². The molecule has 1 aliphatic heterocycles. The first-order chi connectivity index (χ1) is 19.5. The second kappa shape index (κ2) is 14.2. The average Bonchev–Trinajstić information content (AvgIpc) is 2.96. The molecule has 2 N–H and O–H groups in total. The lowest BCUT2D eigenvalue weighted by molar-refractivity contribution is 0.166. The van der Waals surface area contributed by atoms with Crippen molar-refractivity contribution in [3.8, 4) is 5.75 Å². The van der Waals surface area contributed by atoms with Crippen molar-refractivity contribution >= 4 is 23.1 Å². The number of ether oxygens (including phenoxy) is 2. The van der Waals surface area contributed by atoms with Crippen molar-refractivity contribution in [3.63, 3.8) is 0 Å². The predicted molar refractivity (Wildman–Crippen MR) is 158 cm³/mol. The van der Waals surface area contributed by atoms with Crippen LogP contribution in [-0.4, -0.2) is 54.5 Å². The Morgan fingerprint density at radius 1 is 1.10 bits per heavy atom. The number of aliphatic imine (C=N–C) groups is 1. The molecule has 0 radical (unpaired) electrons. The zero-order valence-corrected chi connectivity index (χ0v) is 23.6. The van der Waals surface area contributed by atoms with E-state index >= 15 is 0 Å². The van der Waals surface area contributed by atoms with Gasteiger partial charge in [0.25, 0.3) is 0 Å². The molecule has 0 bridgehead atoms. The number of aromatic nitrogens is 2. The molecule has 9 heteroatoms. The molecule has 0 amide bonds. The van der Waals surface area contributed by atoms with Gasteiger partial charge in [-0.15, -0.1) is 0 Å². The van der Waals surface area contributed by atoms with E-state index in [1.807, 2.05) is 38.1 Å². The summed E-state index contributed by atoms with van der Waals surface area (Å²) in [7, 11) is 3.38. The van der Waals surface area contributed by atoms with Gasteiger partial charge in [-0.25, -0.2) is 14.4 Å². The molecule has 0 saturated carbocycles. The van der Waals surface area contributed by atoms with Crippen LogP contribution in [-0.2, 0) is 11.3 Å². The highest BCUT2D eigenvalue weighted by Gasteiger charge is 2.19. The Morgan fingerprint density at radius 2 is 1.93 bits per heavy atom. The van der Waals surface area contributed by atoms with Gasteiger partial charge in [0.15, 0.2) is 0 Å². The van der Waals surface area contributed by atoms with E-state index in [4.69, 9.17) is 19.5 Å². The smallest absolute Gasteiger partial charge is 0.223 e. The van der Waals surface area contributed by atoms with Crippen molar-refractivity contribution in [2.24, 2.45) is 4.99 Å². The summed E-state index contributed by atoms with van der Waals surface area (Å²) in [5, 5.41) is 6.84. The summed E-state index contributed by atoms with van der Waals surface area (Å²) in [5.74, 6) is 1.05. The van der Waals surface area contributed by atoms with Crippen LogP contribution < -0.4 is 15.4 Å². The van der Waals surface area contributed by atoms with Crippen LogP contribution in [0.3, 0.4) is 0 Å². The topological polar surface area (TPSA) is 83.9 Å². The van der Waals surface area contributed by atoms with Crippen molar-refractivity contribution in [2.45, 2.75) is 33.2 Å². The zero-order valence-electron chi connectivity index (χ0n) is 23.6. The largest absolute Gasteiger partial charge is 0.497 e. The first kappa shape index (κ1) is 28.8. The van der Waals surface area contributed by atoms with E-state index in [0.717, 1.165) is 46.8 Å². The summed E-state index contributed by atoms with van der Waals surface area (Å²) >= 11 is 0. The van der Waals surface area contributed by atoms with Crippen molar-refractivity contribution in [1.29, 1.82) is 0 Å². The van der Waals surface area contributed by atoms with Crippen LogP contribution in [0.25, 0.3) is 11.4 Å². The molecule has 0 fully saturated rings. The maximum Gasteiger partial charge on any atom is 0.223 e. The molecule has 0 aliphatic carbocycles. The number of hydrogen-bond donors (Lipinski definition) is 2. The Bertz CT molecular complexity index is 1370. The number of nitrogens with zero attached hydrogens (tertiary/aromatic N) is 4. The van der Waals surface area contributed by atoms with Gasteiger partial charge in [0.2, 0.25) is 5.95 Å². The van der Waals surface area contributed by atoms with E-state index in [2.05, 4.69) is 32.8 Å². The Kier molecular flexibility index (Phi) is 10.2. The molecule has 4 rings (SSSR count). The second-order valence-electron chi connectivity index (χ2n) is 9.47. The number of benzene rings is 2. The number of allylic oxidation sites excluding steroid dienone is 1. The molecule has 0 unspecified atom stereocenters. The summed E-state index contributed by atoms with van der Waals surface area (Å²) in [6.07, 6.45) is 5.39. The van der Waals surface area contributed by atoms with Crippen molar-refractivity contribution in [3.05, 3.63) is 95.3 Å². The molecule has 3 aromatic rings. The SMILES string of the molecule is CCNc1nccc(/C2=C(\c3ccc(F)cc3)N=C(C)CC/C(=C\N(CCOC)Cc3cccc(OC)c3)N2)n1. The van der Waals surface area contributed by atoms with E-state index in [-0.39, 0.29) is 5.82 Å². The van der Waals surface area contributed by atoms with Crippen LogP contribution in [0.4, 0.5) is 10.3 Å². The third kappa shape index (κ3) is 7.89. The van der Waals surface area contributed by atoms with Crippen LogP contribution >= 0.6 is 0 Å². The molecular weight excluding hydrogens is 507 g/mol. The Morgan fingerprint density at radius 3 is 2.67 bits per heavy atom. The number of halogens is 1. The van der Waals surface area contributed by atoms with Gasteiger partial charge in [-0.05, 0) is 74.7 Å². The van der Waals surface area contributed by atoms with Gasteiger partial charge in [0, 0.05) is 56.1 Å². The van der Waals surface area contributed by atoms with Crippen LogP contribution in [0.2, 0.25) is 0 Å². The predicted octanol–water partition coefficient (Wildman–Crippen LogP) is 5.72. The minimum atomic E-state index is -0.297. The van der Waals surface area contributed by atoms with E-state index in [0.29, 0.717) is 43.6 Å². The van der Waals surface area contributed by atoms with Gasteiger partial charge in [-0.2, -0.15) is 0 Å². The maximum absolute atomic E-state index is 13.8. The summed E-state index contributed by atoms with van der Waals surface area (Å²) in [6, 6.07) is 16.3. The molecule has 1 aliphatic rings. The highest BCUT2D eigenvalue weighted by atomic mass is 19.1. The summed E-state index contributed by atoms with van der Waals surface area (Å²) < 4.78 is 24.7. The Hall–Kier alpha value is -4.24. The molecular formula is C31H37FN6O2. The van der Waals surface area contributed by atoms with Crippen LogP contribution in [0.5, 0.6) is 5.75 Å². The molecule has 8 nitrogen and oxygen atoms in total. The standard InChI is InChI=1S/C31H37FN6O2/c1-5-33-31-34-16-15-28(37-31)30-29(24-10-12-25(32)13-11-24)35-22(2)9-14-26(36-30)21-38(17-18-39-3)20-23-7-6-8-27(19-23)40-4/h6-8,10-13,15-16,19,21,36H,5,9,14,17-18,20H2,1-4H3,(H,33,34,37)/b26-21+,30-29-,35-22?. The maximum atomic E-state index is 13.8. The fraction of sp³-hybridized carbons (Fsp3) is 0.323. The fourth-order valence-corrected chi connectivity index (χ4v) is 4.36. The lowest BCUT2D eigenvalue weighted by Crippen LogP contribution is -2.26. The van der Waals surface area contributed by atoms with Gasteiger partial charge in [0.05, 0.1) is 30.8 Å². The molecule has 0 spiro atoms. The minimum absolute atomic E-state index is 0.297. The number of hydrogen-bond acceptors (Lipinski definition) is 8. The van der Waals surface area contributed by atoms with Crippen molar-refractivity contribution in [1.82, 2.24) is 20.2 Å².